The Morgan fingerprint density at radius 2 is 1.68 bits per heavy atom. The number of amides is 1. The van der Waals surface area contributed by atoms with Crippen LogP contribution >= 0.6 is 12.4 Å². The Kier molecular flexibility index (Phi) is 8.61. The van der Waals surface area contributed by atoms with Crippen LogP contribution in [0.3, 0.4) is 0 Å². The van der Waals surface area contributed by atoms with Crippen molar-refractivity contribution in [2.24, 2.45) is 0 Å². The number of carbonyl (C=O) groups is 1. The zero-order chi connectivity index (χ0) is 19.1. The zero-order valence-corrected chi connectivity index (χ0v) is 17.3. The molecule has 0 radical (unpaired) electrons. The number of methoxy groups -OCH3 is 2. The van der Waals surface area contributed by atoms with Crippen LogP contribution in [-0.4, -0.2) is 44.7 Å². The molecule has 1 amide bonds. The van der Waals surface area contributed by atoms with E-state index in [1.807, 2.05) is 24.3 Å². The average molecular weight is 405 g/mol. The number of rotatable bonds is 7. The standard InChI is InChI=1S/C22H28N2O3.ClH/c1-26-19-11-9-17(10-12-19)21(24-13-4-3-5-14-24)16-23-22(25)18-7-6-8-20(15-18)27-2;/h6-12,15,21H,3-5,13-14,16H2,1-2H3,(H,23,25);1H. The summed E-state index contributed by atoms with van der Waals surface area (Å²) in [4.78, 5) is 15.1. The number of likely N-dealkylation sites (tertiary alicyclic amines) is 1. The quantitative estimate of drug-likeness (QED) is 0.755. The molecule has 1 aliphatic rings. The summed E-state index contributed by atoms with van der Waals surface area (Å²) in [5, 5.41) is 3.11. The molecule has 0 bridgehead atoms. The van der Waals surface area contributed by atoms with Crippen LogP contribution in [-0.2, 0) is 0 Å². The predicted molar refractivity (Wildman–Crippen MR) is 114 cm³/mol. The fraction of sp³-hybridized carbons (Fsp3) is 0.409. The van der Waals surface area contributed by atoms with Gasteiger partial charge in [0.1, 0.15) is 11.5 Å². The Balaban J connectivity index is 0.00000280. The van der Waals surface area contributed by atoms with Crippen molar-refractivity contribution in [3.63, 3.8) is 0 Å². The molecule has 1 aliphatic heterocycles. The van der Waals surface area contributed by atoms with Gasteiger partial charge in [0.05, 0.1) is 20.3 Å². The maximum Gasteiger partial charge on any atom is 0.251 e. The SMILES string of the molecule is COc1ccc(C(CNC(=O)c2cccc(OC)c2)N2CCCCC2)cc1.Cl. The van der Waals surface area contributed by atoms with Gasteiger partial charge in [0.15, 0.2) is 0 Å². The number of nitrogens with one attached hydrogen (secondary N) is 1. The monoisotopic (exact) mass is 404 g/mol. The summed E-state index contributed by atoms with van der Waals surface area (Å²) >= 11 is 0. The third kappa shape index (κ3) is 5.63. The van der Waals surface area contributed by atoms with E-state index < -0.39 is 0 Å². The number of hydrogen-bond acceptors (Lipinski definition) is 4. The first kappa shape index (κ1) is 22.1. The molecule has 0 aromatic heterocycles. The molecule has 28 heavy (non-hydrogen) atoms. The van der Waals surface area contributed by atoms with Gasteiger partial charge < -0.3 is 14.8 Å². The van der Waals surface area contributed by atoms with E-state index in [1.54, 1.807) is 26.4 Å². The third-order valence-corrected chi connectivity index (χ3v) is 5.12. The summed E-state index contributed by atoms with van der Waals surface area (Å²) < 4.78 is 10.5. The maximum absolute atomic E-state index is 12.6. The van der Waals surface area contributed by atoms with Gasteiger partial charge in [-0.2, -0.15) is 0 Å². The first-order valence-corrected chi connectivity index (χ1v) is 9.51. The summed E-state index contributed by atoms with van der Waals surface area (Å²) in [6, 6.07) is 15.5. The topological polar surface area (TPSA) is 50.8 Å². The summed E-state index contributed by atoms with van der Waals surface area (Å²) in [5.74, 6) is 1.45. The van der Waals surface area contributed by atoms with Crippen LogP contribution in [0.2, 0.25) is 0 Å². The maximum atomic E-state index is 12.6. The van der Waals surface area contributed by atoms with Crippen molar-refractivity contribution in [3.05, 3.63) is 59.7 Å². The van der Waals surface area contributed by atoms with Crippen LogP contribution in [0.25, 0.3) is 0 Å². The number of hydrogen-bond donors (Lipinski definition) is 1. The van der Waals surface area contributed by atoms with Crippen LogP contribution < -0.4 is 14.8 Å². The molecule has 1 fully saturated rings. The van der Waals surface area contributed by atoms with Crippen LogP contribution in [0.4, 0.5) is 0 Å². The van der Waals surface area contributed by atoms with Gasteiger partial charge in [-0.1, -0.05) is 24.6 Å². The molecule has 6 heteroatoms. The average Bonchev–Trinajstić information content (AvgIpc) is 2.75. The minimum absolute atomic E-state index is 0. The first-order chi connectivity index (χ1) is 13.2. The normalized spacial score (nSPS) is 15.2. The van der Waals surface area contributed by atoms with Crippen molar-refractivity contribution >= 4 is 18.3 Å². The Labute approximate surface area is 173 Å². The highest BCUT2D eigenvalue weighted by molar-refractivity contribution is 5.94. The molecule has 2 aromatic carbocycles. The van der Waals surface area contributed by atoms with E-state index in [-0.39, 0.29) is 24.4 Å². The lowest BCUT2D eigenvalue weighted by Crippen LogP contribution is -2.40. The van der Waals surface area contributed by atoms with Crippen LogP contribution in [0.15, 0.2) is 48.5 Å². The van der Waals surface area contributed by atoms with Crippen LogP contribution in [0.1, 0.15) is 41.2 Å². The second-order valence-electron chi connectivity index (χ2n) is 6.83. The van der Waals surface area contributed by atoms with E-state index in [2.05, 4.69) is 22.3 Å². The van der Waals surface area contributed by atoms with Gasteiger partial charge in [0.25, 0.3) is 5.91 Å². The van der Waals surface area contributed by atoms with Gasteiger partial charge >= 0.3 is 0 Å². The lowest BCUT2D eigenvalue weighted by atomic mass is 10.0. The van der Waals surface area contributed by atoms with Crippen molar-refractivity contribution < 1.29 is 14.3 Å². The highest BCUT2D eigenvalue weighted by atomic mass is 35.5. The van der Waals surface area contributed by atoms with Gasteiger partial charge in [0.2, 0.25) is 0 Å². The lowest BCUT2D eigenvalue weighted by Gasteiger charge is -2.35. The van der Waals surface area contributed by atoms with Gasteiger partial charge in [0, 0.05) is 12.1 Å². The highest BCUT2D eigenvalue weighted by Gasteiger charge is 2.23. The smallest absolute Gasteiger partial charge is 0.251 e. The molecular formula is C22H29ClN2O3. The summed E-state index contributed by atoms with van der Waals surface area (Å²) in [7, 11) is 3.28. The van der Waals surface area contributed by atoms with Gasteiger partial charge in [-0.15, -0.1) is 12.4 Å². The number of ether oxygens (including phenoxy) is 2. The molecule has 0 spiro atoms. The number of carbonyl (C=O) groups excluding carboxylic acids is 1. The molecule has 152 valence electrons. The van der Waals surface area contributed by atoms with E-state index in [0.29, 0.717) is 17.9 Å². The molecule has 5 nitrogen and oxygen atoms in total. The minimum Gasteiger partial charge on any atom is -0.497 e. The molecule has 1 atom stereocenters. The molecular weight excluding hydrogens is 376 g/mol. The second kappa shape index (κ2) is 10.9. The molecule has 1 saturated heterocycles. The molecule has 2 aromatic rings. The summed E-state index contributed by atoms with van der Waals surface area (Å²) in [6.07, 6.45) is 3.69. The van der Waals surface area contributed by atoms with Gasteiger partial charge in [-0.25, -0.2) is 0 Å². The van der Waals surface area contributed by atoms with Crippen molar-refractivity contribution in [3.8, 4) is 11.5 Å². The Morgan fingerprint density at radius 1 is 1.00 bits per heavy atom. The Bertz CT molecular complexity index is 746. The van der Waals surface area contributed by atoms with Crippen molar-refractivity contribution in [2.45, 2.75) is 25.3 Å². The second-order valence-corrected chi connectivity index (χ2v) is 6.83. The van der Waals surface area contributed by atoms with Crippen molar-refractivity contribution in [1.82, 2.24) is 10.2 Å². The molecule has 1 unspecified atom stereocenters. The molecule has 0 aliphatic carbocycles. The number of piperidine rings is 1. The van der Waals surface area contributed by atoms with E-state index in [9.17, 15) is 4.79 Å². The van der Waals surface area contributed by atoms with Crippen molar-refractivity contribution in [2.75, 3.05) is 33.9 Å². The zero-order valence-electron chi connectivity index (χ0n) is 16.5. The van der Waals surface area contributed by atoms with Gasteiger partial charge in [-0.05, 0) is 61.8 Å². The first-order valence-electron chi connectivity index (χ1n) is 9.51. The van der Waals surface area contributed by atoms with Crippen LogP contribution in [0, 0.1) is 0 Å². The predicted octanol–water partition coefficient (Wildman–Crippen LogP) is 4.08. The summed E-state index contributed by atoms with van der Waals surface area (Å²) in [6.45, 7) is 2.69. The Hall–Kier alpha value is -2.24. The van der Waals surface area contributed by atoms with Crippen molar-refractivity contribution in [1.29, 1.82) is 0 Å². The molecule has 1 N–H and O–H groups in total. The minimum atomic E-state index is -0.0792. The third-order valence-electron chi connectivity index (χ3n) is 5.12. The fourth-order valence-electron chi connectivity index (χ4n) is 3.57. The molecule has 0 saturated carbocycles. The van der Waals surface area contributed by atoms with Gasteiger partial charge in [-0.3, -0.25) is 9.69 Å². The molecule has 1 heterocycles. The van der Waals surface area contributed by atoms with E-state index in [0.717, 1.165) is 18.8 Å². The number of nitrogens with zero attached hydrogens (tertiary/aromatic N) is 1. The largest absolute Gasteiger partial charge is 0.497 e. The molecule has 3 rings (SSSR count). The number of benzene rings is 2. The number of halogens is 1. The lowest BCUT2D eigenvalue weighted by molar-refractivity contribution is 0.0924. The van der Waals surface area contributed by atoms with E-state index in [4.69, 9.17) is 9.47 Å². The fourth-order valence-corrected chi connectivity index (χ4v) is 3.57. The Morgan fingerprint density at radius 3 is 2.32 bits per heavy atom. The van der Waals surface area contributed by atoms with E-state index in [1.165, 1.54) is 24.8 Å². The van der Waals surface area contributed by atoms with Crippen LogP contribution in [0.5, 0.6) is 11.5 Å². The summed E-state index contributed by atoms with van der Waals surface area (Å²) in [5.41, 5.74) is 1.81. The van der Waals surface area contributed by atoms with E-state index >= 15 is 0 Å². The highest BCUT2D eigenvalue weighted by Crippen LogP contribution is 2.26.